The van der Waals surface area contributed by atoms with Crippen molar-refractivity contribution in [1.29, 1.82) is 0 Å². The van der Waals surface area contributed by atoms with Gasteiger partial charge in [0.1, 0.15) is 0 Å². The molecule has 1 aromatic carbocycles. The Kier molecular flexibility index (Phi) is 6.78. The quantitative estimate of drug-likeness (QED) is 0.309. The third-order valence-corrected chi connectivity index (χ3v) is 7.85. The summed E-state index contributed by atoms with van der Waals surface area (Å²) in [4.78, 5) is 18.4. The maximum atomic E-state index is 12.6. The van der Waals surface area contributed by atoms with Crippen molar-refractivity contribution in [1.82, 2.24) is 19.7 Å². The number of hydrogen-bond donors (Lipinski definition) is 1. The number of thiazole rings is 1. The molecule has 0 saturated carbocycles. The monoisotopic (exact) mass is 483 g/mol. The highest BCUT2D eigenvalue weighted by Gasteiger charge is 2.20. The number of carbonyl (C=O) groups excluding carboxylic acids is 1. The first kappa shape index (κ1) is 22.7. The van der Waals surface area contributed by atoms with Crippen molar-refractivity contribution >= 4 is 45.5 Å². The Bertz CT molecular complexity index is 1240. The Morgan fingerprint density at radius 2 is 1.84 bits per heavy atom. The topological polar surface area (TPSA) is 72.7 Å². The summed E-state index contributed by atoms with van der Waals surface area (Å²) in [5.41, 5.74) is 5.45. The lowest BCUT2D eigenvalue weighted by atomic mass is 10.1. The Morgan fingerprint density at radius 3 is 2.50 bits per heavy atom. The second kappa shape index (κ2) is 9.56. The number of thioether (sulfide) groups is 1. The van der Waals surface area contributed by atoms with E-state index in [-0.39, 0.29) is 17.7 Å². The zero-order valence-electron chi connectivity index (χ0n) is 18.7. The van der Waals surface area contributed by atoms with Gasteiger partial charge < -0.3 is 5.32 Å². The van der Waals surface area contributed by atoms with E-state index in [1.807, 2.05) is 17.5 Å². The average molecular weight is 484 g/mol. The van der Waals surface area contributed by atoms with Crippen LogP contribution in [0.4, 0.5) is 5.13 Å². The van der Waals surface area contributed by atoms with Crippen molar-refractivity contribution in [3.8, 4) is 22.6 Å². The normalized spacial score (nSPS) is 11.3. The van der Waals surface area contributed by atoms with Gasteiger partial charge >= 0.3 is 0 Å². The number of hydrogen-bond acceptors (Lipinski definition) is 7. The highest BCUT2D eigenvalue weighted by Crippen LogP contribution is 2.33. The molecule has 0 radical (unpaired) electrons. The van der Waals surface area contributed by atoms with Crippen molar-refractivity contribution < 1.29 is 4.79 Å². The third kappa shape index (κ3) is 4.79. The van der Waals surface area contributed by atoms with Crippen LogP contribution in [-0.4, -0.2) is 31.4 Å². The van der Waals surface area contributed by atoms with E-state index in [0.717, 1.165) is 27.8 Å². The Morgan fingerprint density at radius 1 is 1.09 bits per heavy atom. The molecule has 0 atom stereocenters. The summed E-state index contributed by atoms with van der Waals surface area (Å²) >= 11 is 4.54. The number of nitrogens with zero attached hydrogens (tertiary/aromatic N) is 4. The second-order valence-electron chi connectivity index (χ2n) is 7.84. The van der Waals surface area contributed by atoms with Crippen molar-refractivity contribution in [2.75, 3.05) is 11.1 Å². The van der Waals surface area contributed by atoms with Crippen LogP contribution in [0.15, 0.2) is 40.2 Å². The van der Waals surface area contributed by atoms with Crippen LogP contribution in [0.2, 0.25) is 0 Å². The second-order valence-corrected chi connectivity index (χ2v) is 10.7. The van der Waals surface area contributed by atoms with E-state index >= 15 is 0 Å². The van der Waals surface area contributed by atoms with Crippen LogP contribution < -0.4 is 5.32 Å². The molecule has 32 heavy (non-hydrogen) atoms. The molecular formula is C23H25N5OS3. The molecule has 0 fully saturated rings. The highest BCUT2D eigenvalue weighted by molar-refractivity contribution is 7.99. The van der Waals surface area contributed by atoms with E-state index in [0.29, 0.717) is 5.13 Å². The number of carbonyl (C=O) groups is 1. The maximum absolute atomic E-state index is 12.6. The third-order valence-electron chi connectivity index (χ3n) is 5.14. The van der Waals surface area contributed by atoms with Gasteiger partial charge in [0, 0.05) is 32.8 Å². The first-order chi connectivity index (χ1) is 15.3. The first-order valence-corrected chi connectivity index (χ1v) is 13.0. The molecule has 0 aliphatic heterocycles. The van der Waals surface area contributed by atoms with Crippen LogP contribution in [0.5, 0.6) is 0 Å². The van der Waals surface area contributed by atoms with Gasteiger partial charge in [0.25, 0.3) is 0 Å². The van der Waals surface area contributed by atoms with Crippen LogP contribution in [0, 0.1) is 20.8 Å². The van der Waals surface area contributed by atoms with E-state index in [1.54, 1.807) is 11.3 Å². The minimum absolute atomic E-state index is 0.109. The minimum atomic E-state index is -0.109. The number of benzene rings is 1. The van der Waals surface area contributed by atoms with Crippen LogP contribution in [0.25, 0.3) is 22.6 Å². The van der Waals surface area contributed by atoms with E-state index in [4.69, 9.17) is 0 Å². The lowest BCUT2D eigenvalue weighted by Crippen LogP contribution is -2.15. The predicted octanol–water partition coefficient (Wildman–Crippen LogP) is 6.37. The molecule has 0 aliphatic carbocycles. The van der Waals surface area contributed by atoms with Gasteiger partial charge in [0.15, 0.2) is 16.1 Å². The standard InChI is InChI=1S/C23H25N5OS3/c1-13(2)28-21(18-10-30-16(5)15(18)4)26-27-23(28)32-12-20(29)25-22-24-19(11-31-22)17-8-6-14(3)7-9-17/h6-11,13H,12H2,1-5H3,(H,24,25,29). The molecule has 6 nitrogen and oxygen atoms in total. The minimum Gasteiger partial charge on any atom is -0.301 e. The van der Waals surface area contributed by atoms with E-state index in [9.17, 15) is 4.79 Å². The number of rotatable bonds is 7. The SMILES string of the molecule is Cc1ccc(-c2csc(NC(=O)CSc3nnc(-c4csc(C)c4C)n3C(C)C)n2)cc1. The van der Waals surface area contributed by atoms with Crippen molar-refractivity contribution in [3.05, 3.63) is 51.0 Å². The molecule has 9 heteroatoms. The summed E-state index contributed by atoms with van der Waals surface area (Å²) in [6.45, 7) is 10.5. The van der Waals surface area contributed by atoms with Gasteiger partial charge in [-0.2, -0.15) is 0 Å². The first-order valence-electron chi connectivity index (χ1n) is 10.3. The fourth-order valence-electron chi connectivity index (χ4n) is 3.23. The number of anilines is 1. The van der Waals surface area contributed by atoms with Crippen LogP contribution in [-0.2, 0) is 4.79 Å². The summed E-state index contributed by atoms with van der Waals surface area (Å²) in [6, 6.07) is 8.38. The van der Waals surface area contributed by atoms with E-state index in [2.05, 4.69) is 77.2 Å². The molecule has 4 rings (SSSR count). The molecule has 4 aromatic rings. The summed E-state index contributed by atoms with van der Waals surface area (Å²) < 4.78 is 2.10. The highest BCUT2D eigenvalue weighted by atomic mass is 32.2. The lowest BCUT2D eigenvalue weighted by molar-refractivity contribution is -0.113. The van der Waals surface area contributed by atoms with Gasteiger partial charge in [-0.05, 0) is 40.2 Å². The van der Waals surface area contributed by atoms with E-state index < -0.39 is 0 Å². The molecule has 0 bridgehead atoms. The fourth-order valence-corrected chi connectivity index (χ4v) is 5.70. The maximum Gasteiger partial charge on any atom is 0.236 e. The van der Waals surface area contributed by atoms with Crippen molar-refractivity contribution in [2.45, 2.75) is 45.8 Å². The summed E-state index contributed by atoms with van der Waals surface area (Å²) in [6.07, 6.45) is 0. The fraction of sp³-hybridized carbons (Fsp3) is 0.304. The van der Waals surface area contributed by atoms with Gasteiger partial charge in [-0.3, -0.25) is 9.36 Å². The summed E-state index contributed by atoms with van der Waals surface area (Å²) in [5, 5.41) is 17.2. The largest absolute Gasteiger partial charge is 0.301 e. The lowest BCUT2D eigenvalue weighted by Gasteiger charge is -2.13. The van der Waals surface area contributed by atoms with Gasteiger partial charge in [0.05, 0.1) is 11.4 Å². The Labute approximate surface area is 200 Å². The molecule has 3 heterocycles. The molecular weight excluding hydrogens is 458 g/mol. The zero-order valence-corrected chi connectivity index (χ0v) is 21.1. The van der Waals surface area contributed by atoms with Crippen molar-refractivity contribution in [2.24, 2.45) is 0 Å². The number of amides is 1. The van der Waals surface area contributed by atoms with Crippen LogP contribution >= 0.6 is 34.4 Å². The molecule has 0 saturated heterocycles. The number of nitrogens with one attached hydrogen (secondary N) is 1. The molecule has 3 aromatic heterocycles. The molecule has 1 N–H and O–H groups in total. The van der Waals surface area contributed by atoms with Crippen LogP contribution in [0.3, 0.4) is 0 Å². The van der Waals surface area contributed by atoms with Gasteiger partial charge in [0.2, 0.25) is 5.91 Å². The van der Waals surface area contributed by atoms with Gasteiger partial charge in [-0.15, -0.1) is 32.9 Å². The number of aromatic nitrogens is 4. The number of aryl methyl sites for hydroxylation is 2. The van der Waals surface area contributed by atoms with Gasteiger partial charge in [-0.1, -0.05) is 41.6 Å². The van der Waals surface area contributed by atoms with E-state index in [1.165, 1.54) is 39.1 Å². The predicted molar refractivity (Wildman–Crippen MR) is 135 cm³/mol. The van der Waals surface area contributed by atoms with Crippen LogP contribution in [0.1, 0.15) is 35.9 Å². The van der Waals surface area contributed by atoms with Crippen molar-refractivity contribution in [3.63, 3.8) is 0 Å². The van der Waals surface area contributed by atoms with Gasteiger partial charge in [-0.25, -0.2) is 4.98 Å². The zero-order chi connectivity index (χ0) is 22.8. The average Bonchev–Trinajstić information content (AvgIpc) is 3.47. The summed E-state index contributed by atoms with van der Waals surface area (Å²) in [5.74, 6) is 0.987. The molecule has 166 valence electrons. The smallest absolute Gasteiger partial charge is 0.236 e. The summed E-state index contributed by atoms with van der Waals surface area (Å²) in [7, 11) is 0. The molecule has 0 spiro atoms. The molecule has 0 aliphatic rings. The molecule has 1 amide bonds. The Hall–Kier alpha value is -2.49. The number of thiophene rings is 1. The Balaban J connectivity index is 1.43. The molecule has 0 unspecified atom stereocenters.